The number of ketones is 2. The van der Waals surface area contributed by atoms with Crippen LogP contribution < -0.4 is 5.32 Å². The Morgan fingerprint density at radius 3 is 2.17 bits per heavy atom. The molecule has 0 bridgehead atoms. The molecule has 1 aromatic rings. The third-order valence-corrected chi connectivity index (χ3v) is 5.16. The fraction of sp³-hybridized carbons (Fsp3) is 0.684. The summed E-state index contributed by atoms with van der Waals surface area (Å²) in [5, 5.41) is 2.25. The van der Waals surface area contributed by atoms with Gasteiger partial charge in [-0.1, -0.05) is 19.3 Å². The number of nitrogens with one attached hydrogen (secondary N) is 1. The lowest BCUT2D eigenvalue weighted by atomic mass is 9.95. The maximum Gasteiger partial charge on any atom is 0.235 e. The molecule has 4 nitrogen and oxygen atoms in total. The van der Waals surface area contributed by atoms with E-state index in [1.165, 1.54) is 44.9 Å². The molecule has 23 heavy (non-hydrogen) atoms. The third kappa shape index (κ3) is 4.31. The average molecular weight is 319 g/mol. The van der Waals surface area contributed by atoms with Crippen LogP contribution in [0.25, 0.3) is 0 Å². The summed E-state index contributed by atoms with van der Waals surface area (Å²) < 4.78 is 0. The number of aromatic amines is 1. The Morgan fingerprint density at radius 2 is 1.65 bits per heavy atom. The number of aromatic nitrogens is 1. The number of H-pyrrole nitrogens is 1. The van der Waals surface area contributed by atoms with Crippen molar-refractivity contribution >= 4 is 11.6 Å². The first kappa shape index (κ1) is 17.9. The molecule has 0 amide bonds. The van der Waals surface area contributed by atoms with Crippen molar-refractivity contribution in [2.75, 3.05) is 0 Å². The molecule has 1 saturated carbocycles. The number of hydrogen-bond donors (Lipinski definition) is 2. The van der Waals surface area contributed by atoms with Crippen LogP contribution in [0.3, 0.4) is 0 Å². The fourth-order valence-corrected chi connectivity index (χ4v) is 3.93. The van der Waals surface area contributed by atoms with E-state index in [0.29, 0.717) is 17.3 Å². The van der Waals surface area contributed by atoms with Gasteiger partial charge in [0.15, 0.2) is 5.78 Å². The van der Waals surface area contributed by atoms with E-state index in [1.807, 2.05) is 20.8 Å². The van der Waals surface area contributed by atoms with Crippen LogP contribution in [-0.2, 0) is 0 Å². The summed E-state index contributed by atoms with van der Waals surface area (Å²) in [5.41, 5.74) is 2.89. The molecule has 3 N–H and O–H groups in total. The first-order chi connectivity index (χ1) is 10.9. The summed E-state index contributed by atoms with van der Waals surface area (Å²) in [6, 6.07) is 0.453. The molecule has 1 fully saturated rings. The fourth-order valence-electron chi connectivity index (χ4n) is 3.93. The topological polar surface area (TPSA) is 66.5 Å². The Labute approximate surface area is 139 Å². The third-order valence-electron chi connectivity index (χ3n) is 5.16. The van der Waals surface area contributed by atoms with Gasteiger partial charge < -0.3 is 10.3 Å². The van der Waals surface area contributed by atoms with Crippen molar-refractivity contribution in [3.05, 3.63) is 22.5 Å². The maximum atomic E-state index is 12.8. The van der Waals surface area contributed by atoms with Gasteiger partial charge in [0.2, 0.25) is 5.78 Å². The number of carbonyl (C=O) groups excluding carboxylic acids is 2. The minimum Gasteiger partial charge on any atom is -0.355 e. The zero-order valence-corrected chi connectivity index (χ0v) is 15.0. The van der Waals surface area contributed by atoms with Crippen molar-refractivity contribution in [3.8, 4) is 0 Å². The van der Waals surface area contributed by atoms with Gasteiger partial charge in [-0.2, -0.15) is 0 Å². The normalized spacial score (nSPS) is 18.3. The highest BCUT2D eigenvalue weighted by atomic mass is 16.1. The van der Waals surface area contributed by atoms with E-state index >= 15 is 0 Å². The van der Waals surface area contributed by atoms with Gasteiger partial charge in [0.05, 0.1) is 11.7 Å². The Bertz CT molecular complexity index is 566. The Hall–Kier alpha value is -1.42. The lowest BCUT2D eigenvalue weighted by Gasteiger charge is -2.21. The average Bonchev–Trinajstić information content (AvgIpc) is 2.75. The highest BCUT2D eigenvalue weighted by Gasteiger charge is 2.27. The molecule has 4 heteroatoms. The van der Waals surface area contributed by atoms with E-state index in [0.717, 1.165) is 11.3 Å². The Balaban J connectivity index is 2.07. The first-order valence-corrected chi connectivity index (χ1v) is 9.01. The predicted octanol–water partition coefficient (Wildman–Crippen LogP) is 3.08. The summed E-state index contributed by atoms with van der Waals surface area (Å²) in [7, 11) is 0. The molecule has 0 aliphatic heterocycles. The molecule has 0 saturated heterocycles. The summed E-state index contributed by atoms with van der Waals surface area (Å²) in [6.07, 6.45) is 8.97. The molecule has 1 heterocycles. The highest BCUT2D eigenvalue weighted by Crippen LogP contribution is 2.20. The van der Waals surface area contributed by atoms with E-state index in [1.54, 1.807) is 6.92 Å². The van der Waals surface area contributed by atoms with Gasteiger partial charge in [-0.15, -0.1) is 0 Å². The Morgan fingerprint density at radius 1 is 1.09 bits per heavy atom. The molecule has 1 aliphatic carbocycles. The zero-order valence-electron chi connectivity index (χ0n) is 15.0. The van der Waals surface area contributed by atoms with E-state index in [9.17, 15) is 9.59 Å². The van der Waals surface area contributed by atoms with E-state index < -0.39 is 0 Å². The van der Waals surface area contributed by atoms with Crippen LogP contribution >= 0.6 is 0 Å². The molecule has 0 unspecified atom stereocenters. The molecule has 0 radical (unpaired) electrons. The van der Waals surface area contributed by atoms with Crippen LogP contribution in [0.5, 0.6) is 0 Å². The van der Waals surface area contributed by atoms with E-state index in [2.05, 4.69) is 10.3 Å². The number of rotatable bonds is 5. The molecule has 2 rings (SSSR count). The maximum absolute atomic E-state index is 12.8. The molecular formula is C19H31N2O2+. The van der Waals surface area contributed by atoms with Gasteiger partial charge in [-0.05, 0) is 58.9 Å². The number of Topliss-reactive ketones (excluding diaryl/α,β-unsaturated/α-hetero) is 2. The van der Waals surface area contributed by atoms with Crippen LogP contribution in [0.4, 0.5) is 0 Å². The molecule has 128 valence electrons. The van der Waals surface area contributed by atoms with Crippen LogP contribution in [0.15, 0.2) is 0 Å². The standard InChI is InChI=1S/C19H30N2O2/c1-12-17(15(4)22)13(2)21-18(12)19(23)14(3)20-16-10-8-6-5-7-9-11-16/h14,16,20-21H,5-11H2,1-4H3/p+1/t14-/m1/s1. The second-order valence-corrected chi connectivity index (χ2v) is 7.13. The highest BCUT2D eigenvalue weighted by molar-refractivity contribution is 6.04. The van der Waals surface area contributed by atoms with Crippen LogP contribution in [0, 0.1) is 13.8 Å². The number of carbonyl (C=O) groups is 2. The molecule has 1 aromatic heterocycles. The van der Waals surface area contributed by atoms with Gasteiger partial charge in [-0.25, -0.2) is 0 Å². The second-order valence-electron chi connectivity index (χ2n) is 7.13. The van der Waals surface area contributed by atoms with Crippen molar-refractivity contribution in [2.24, 2.45) is 0 Å². The zero-order chi connectivity index (χ0) is 17.0. The van der Waals surface area contributed by atoms with Gasteiger partial charge in [0.1, 0.15) is 6.04 Å². The summed E-state index contributed by atoms with van der Waals surface area (Å²) >= 11 is 0. The van der Waals surface area contributed by atoms with Gasteiger partial charge in [0.25, 0.3) is 0 Å². The SMILES string of the molecule is CC(=O)c1c(C)[nH]c(C(=O)[C@@H](C)[NH2+]C2CCCCCCC2)c1C. The molecule has 0 aromatic carbocycles. The minimum absolute atomic E-state index is 0.0203. The molecular weight excluding hydrogens is 288 g/mol. The van der Waals surface area contributed by atoms with Crippen LogP contribution in [0.2, 0.25) is 0 Å². The van der Waals surface area contributed by atoms with Crippen molar-refractivity contribution < 1.29 is 14.9 Å². The van der Waals surface area contributed by atoms with Gasteiger partial charge in [-0.3, -0.25) is 9.59 Å². The number of hydrogen-bond acceptors (Lipinski definition) is 2. The van der Waals surface area contributed by atoms with Crippen molar-refractivity contribution in [1.82, 2.24) is 4.98 Å². The molecule has 1 atom stereocenters. The van der Waals surface area contributed by atoms with Gasteiger partial charge in [0, 0.05) is 11.3 Å². The number of quaternary nitrogens is 1. The lowest BCUT2D eigenvalue weighted by Crippen LogP contribution is -2.96. The van der Waals surface area contributed by atoms with E-state index in [-0.39, 0.29) is 17.6 Å². The Kier molecular flexibility index (Phi) is 6.17. The number of aryl methyl sites for hydroxylation is 1. The minimum atomic E-state index is -0.101. The van der Waals surface area contributed by atoms with Crippen LogP contribution in [0.1, 0.15) is 90.9 Å². The monoisotopic (exact) mass is 319 g/mol. The van der Waals surface area contributed by atoms with Crippen LogP contribution in [-0.4, -0.2) is 28.6 Å². The van der Waals surface area contributed by atoms with Crippen molar-refractivity contribution in [3.63, 3.8) is 0 Å². The first-order valence-electron chi connectivity index (χ1n) is 9.01. The smallest absolute Gasteiger partial charge is 0.235 e. The quantitative estimate of drug-likeness (QED) is 0.819. The predicted molar refractivity (Wildman–Crippen MR) is 92.1 cm³/mol. The van der Waals surface area contributed by atoms with E-state index in [4.69, 9.17) is 0 Å². The molecule has 0 spiro atoms. The van der Waals surface area contributed by atoms with Crippen molar-refractivity contribution in [2.45, 2.75) is 84.7 Å². The van der Waals surface area contributed by atoms with Crippen molar-refractivity contribution in [1.29, 1.82) is 0 Å². The summed E-state index contributed by atoms with van der Waals surface area (Å²) in [4.78, 5) is 27.7. The largest absolute Gasteiger partial charge is 0.355 e. The molecule has 1 aliphatic rings. The van der Waals surface area contributed by atoms with Gasteiger partial charge >= 0.3 is 0 Å². The second kappa shape index (κ2) is 7.91. The number of nitrogens with two attached hydrogens (primary N) is 1. The summed E-state index contributed by atoms with van der Waals surface area (Å²) in [6.45, 7) is 7.28. The summed E-state index contributed by atoms with van der Waals surface area (Å²) in [5.74, 6) is 0.132. The lowest BCUT2D eigenvalue weighted by molar-refractivity contribution is -0.707.